The number of aliphatic hydroxyl groups excluding tert-OH is 1. The molecular formula is C3H6ClNO2. The molecule has 0 aromatic heterocycles. The predicted octanol–water partition coefficient (Wildman–Crippen LogP) is -0.929. The van der Waals surface area contributed by atoms with Crippen LogP contribution in [0.1, 0.15) is 0 Å². The number of halogens is 1. The van der Waals surface area contributed by atoms with Crippen LogP contribution in [0.15, 0.2) is 0 Å². The number of aliphatic hydroxyl groups is 1. The second kappa shape index (κ2) is 2.96. The average molecular weight is 124 g/mol. The zero-order valence-corrected chi connectivity index (χ0v) is 4.35. The van der Waals surface area contributed by atoms with E-state index in [1.54, 1.807) is 0 Å². The maximum Gasteiger partial charge on any atom is 0.240 e. The van der Waals surface area contributed by atoms with Crippen LogP contribution in [0, 0.1) is 0 Å². The summed E-state index contributed by atoms with van der Waals surface area (Å²) in [5, 5.41) is 7.37. The monoisotopic (exact) mass is 123 g/mol. The van der Waals surface area contributed by atoms with Gasteiger partial charge in [-0.05, 0) is 11.6 Å². The van der Waals surface area contributed by atoms with Gasteiger partial charge < -0.3 is 10.8 Å². The first-order valence-corrected chi connectivity index (χ1v) is 2.12. The maximum absolute atomic E-state index is 9.86. The maximum atomic E-state index is 9.86. The fourth-order valence-electron chi connectivity index (χ4n) is 0.0718. The minimum absolute atomic E-state index is 0.387. The topological polar surface area (TPSA) is 63.3 Å². The van der Waals surface area contributed by atoms with E-state index in [4.69, 9.17) is 22.4 Å². The zero-order valence-electron chi connectivity index (χ0n) is 3.60. The van der Waals surface area contributed by atoms with Crippen molar-refractivity contribution >= 4 is 16.8 Å². The van der Waals surface area contributed by atoms with Gasteiger partial charge >= 0.3 is 0 Å². The van der Waals surface area contributed by atoms with Gasteiger partial charge in [0.05, 0.1) is 6.61 Å². The highest BCUT2D eigenvalue weighted by Crippen LogP contribution is 1.83. The lowest BCUT2D eigenvalue weighted by Crippen LogP contribution is -2.30. The summed E-state index contributed by atoms with van der Waals surface area (Å²) < 4.78 is 0. The van der Waals surface area contributed by atoms with Crippen LogP contribution in [0.2, 0.25) is 0 Å². The summed E-state index contributed by atoms with van der Waals surface area (Å²) in [5.41, 5.74) is 4.88. The van der Waals surface area contributed by atoms with Crippen LogP contribution in [-0.2, 0) is 4.79 Å². The van der Waals surface area contributed by atoms with Gasteiger partial charge in [-0.3, -0.25) is 4.79 Å². The van der Waals surface area contributed by atoms with E-state index >= 15 is 0 Å². The lowest BCUT2D eigenvalue weighted by Gasteiger charge is -1.96. The van der Waals surface area contributed by atoms with Crippen molar-refractivity contribution in [2.24, 2.45) is 5.73 Å². The molecule has 0 aromatic carbocycles. The molecule has 4 heteroatoms. The second-order valence-corrected chi connectivity index (χ2v) is 1.47. The second-order valence-electron chi connectivity index (χ2n) is 1.09. The van der Waals surface area contributed by atoms with Crippen molar-refractivity contribution in [3.8, 4) is 0 Å². The Bertz CT molecular complexity index is 75.3. The molecule has 0 heterocycles. The van der Waals surface area contributed by atoms with E-state index in [2.05, 4.69) is 0 Å². The summed E-state index contributed by atoms with van der Waals surface area (Å²) in [6, 6.07) is -0.915. The number of nitrogens with two attached hydrogens (primary N) is 1. The first kappa shape index (κ1) is 6.88. The SMILES string of the molecule is NC(CO)C(=O)Cl. The van der Waals surface area contributed by atoms with Gasteiger partial charge in [0.2, 0.25) is 5.24 Å². The smallest absolute Gasteiger partial charge is 0.240 e. The molecule has 0 fully saturated rings. The Kier molecular flexibility index (Phi) is 2.91. The molecule has 3 N–H and O–H groups in total. The van der Waals surface area contributed by atoms with Crippen LogP contribution in [0.5, 0.6) is 0 Å². The van der Waals surface area contributed by atoms with E-state index in [9.17, 15) is 4.79 Å². The van der Waals surface area contributed by atoms with Crippen molar-refractivity contribution in [1.82, 2.24) is 0 Å². The summed E-state index contributed by atoms with van der Waals surface area (Å²) in [5.74, 6) is 0. The highest BCUT2D eigenvalue weighted by atomic mass is 35.5. The van der Waals surface area contributed by atoms with Crippen molar-refractivity contribution in [1.29, 1.82) is 0 Å². The van der Waals surface area contributed by atoms with Gasteiger partial charge in [-0.25, -0.2) is 0 Å². The first-order valence-electron chi connectivity index (χ1n) is 1.74. The molecule has 42 valence electrons. The summed E-state index contributed by atoms with van der Waals surface area (Å²) >= 11 is 4.80. The summed E-state index contributed by atoms with van der Waals surface area (Å²) in [6.07, 6.45) is 0. The number of hydrogen-bond acceptors (Lipinski definition) is 3. The summed E-state index contributed by atoms with van der Waals surface area (Å²) in [6.45, 7) is -0.387. The van der Waals surface area contributed by atoms with E-state index in [-0.39, 0.29) is 6.61 Å². The van der Waals surface area contributed by atoms with Crippen LogP contribution in [0.3, 0.4) is 0 Å². The van der Waals surface area contributed by atoms with Crippen LogP contribution in [0.25, 0.3) is 0 Å². The van der Waals surface area contributed by atoms with Crippen LogP contribution in [0.4, 0.5) is 0 Å². The minimum atomic E-state index is -0.915. The molecule has 1 unspecified atom stereocenters. The minimum Gasteiger partial charge on any atom is -0.394 e. The number of carbonyl (C=O) groups is 1. The van der Waals surface area contributed by atoms with E-state index in [1.807, 2.05) is 0 Å². The van der Waals surface area contributed by atoms with Crippen LogP contribution in [-0.4, -0.2) is 23.0 Å². The molecule has 0 aliphatic carbocycles. The quantitative estimate of drug-likeness (QED) is 0.467. The van der Waals surface area contributed by atoms with Crippen molar-refractivity contribution in [3.05, 3.63) is 0 Å². The molecule has 0 aromatic rings. The lowest BCUT2D eigenvalue weighted by molar-refractivity contribution is -0.113. The van der Waals surface area contributed by atoms with Gasteiger partial charge in [-0.2, -0.15) is 0 Å². The third kappa shape index (κ3) is 2.56. The standard InChI is InChI=1S/C3H6ClNO2/c4-3(7)2(5)1-6/h2,6H,1,5H2. The third-order valence-electron chi connectivity index (χ3n) is 0.488. The Morgan fingerprint density at radius 2 is 2.43 bits per heavy atom. The first-order chi connectivity index (χ1) is 3.18. The van der Waals surface area contributed by atoms with Gasteiger partial charge in [0.15, 0.2) is 0 Å². The molecule has 0 bridgehead atoms. The third-order valence-corrected chi connectivity index (χ3v) is 0.769. The molecule has 0 rings (SSSR count). The summed E-state index contributed by atoms with van der Waals surface area (Å²) in [4.78, 5) is 9.86. The number of rotatable bonds is 2. The van der Waals surface area contributed by atoms with Crippen LogP contribution < -0.4 is 5.73 Å². The van der Waals surface area contributed by atoms with E-state index in [0.717, 1.165) is 0 Å². The molecule has 0 amide bonds. The normalized spacial score (nSPS) is 13.6. The van der Waals surface area contributed by atoms with Crippen molar-refractivity contribution in [2.45, 2.75) is 6.04 Å². The molecule has 0 aliphatic rings. The molecule has 0 spiro atoms. The Morgan fingerprint density at radius 3 is 2.43 bits per heavy atom. The highest BCUT2D eigenvalue weighted by Gasteiger charge is 2.05. The van der Waals surface area contributed by atoms with E-state index in [0.29, 0.717) is 0 Å². The van der Waals surface area contributed by atoms with Crippen molar-refractivity contribution < 1.29 is 9.90 Å². The molecule has 0 saturated heterocycles. The lowest BCUT2D eigenvalue weighted by atomic mass is 10.4. The molecule has 0 saturated carbocycles. The largest absolute Gasteiger partial charge is 0.394 e. The number of hydrogen-bond donors (Lipinski definition) is 2. The predicted molar refractivity (Wildman–Crippen MR) is 25.9 cm³/mol. The van der Waals surface area contributed by atoms with Gasteiger partial charge in [-0.15, -0.1) is 0 Å². The molecule has 3 nitrogen and oxygen atoms in total. The fourth-order valence-corrected chi connectivity index (χ4v) is 0.141. The average Bonchev–Trinajstić information content (AvgIpc) is 1.65. The fraction of sp³-hybridized carbons (Fsp3) is 0.667. The Morgan fingerprint density at radius 1 is 2.00 bits per heavy atom. The van der Waals surface area contributed by atoms with Gasteiger partial charge in [0.25, 0.3) is 0 Å². The molecule has 7 heavy (non-hydrogen) atoms. The van der Waals surface area contributed by atoms with Gasteiger partial charge in [-0.1, -0.05) is 0 Å². The Hall–Kier alpha value is -0.120. The summed E-state index contributed by atoms with van der Waals surface area (Å²) in [7, 11) is 0. The Balaban J connectivity index is 3.34. The highest BCUT2D eigenvalue weighted by molar-refractivity contribution is 6.64. The van der Waals surface area contributed by atoms with Gasteiger partial charge in [0, 0.05) is 0 Å². The van der Waals surface area contributed by atoms with Crippen molar-refractivity contribution in [3.63, 3.8) is 0 Å². The molecule has 1 atom stereocenters. The molecule has 0 radical (unpaired) electrons. The molecular weight excluding hydrogens is 117 g/mol. The zero-order chi connectivity index (χ0) is 5.86. The number of carbonyl (C=O) groups excluding carboxylic acids is 1. The van der Waals surface area contributed by atoms with Gasteiger partial charge in [0.1, 0.15) is 6.04 Å². The Labute approximate surface area is 46.1 Å². The van der Waals surface area contributed by atoms with Crippen molar-refractivity contribution in [2.75, 3.05) is 6.61 Å². The van der Waals surface area contributed by atoms with Crippen LogP contribution >= 0.6 is 11.6 Å². The molecule has 0 aliphatic heterocycles. The van der Waals surface area contributed by atoms with E-state index in [1.165, 1.54) is 0 Å². The van der Waals surface area contributed by atoms with E-state index < -0.39 is 11.3 Å².